The van der Waals surface area contributed by atoms with Gasteiger partial charge in [-0.15, -0.1) is 0 Å². The normalized spacial score (nSPS) is 13.7. The molecule has 0 saturated heterocycles. The van der Waals surface area contributed by atoms with E-state index in [4.69, 9.17) is 9.47 Å². The number of rotatable bonds is 25. The quantitative estimate of drug-likeness (QED) is 0.0833. The minimum atomic E-state index is -1.12. The summed E-state index contributed by atoms with van der Waals surface area (Å²) in [4.78, 5) is 23.1. The minimum Gasteiger partial charge on any atom is -0.544 e. The van der Waals surface area contributed by atoms with Crippen LogP contribution in [0.25, 0.3) is 0 Å². The Morgan fingerprint density at radius 3 is 1.89 bits per heavy atom. The zero-order chi connectivity index (χ0) is 27.1. The Kier molecular flexibility index (Phi) is 21.8. The summed E-state index contributed by atoms with van der Waals surface area (Å²) < 4.78 is 10.7. The number of aliphatic hydroxyl groups is 1. The SMILES string of the molecule is CCCCCCCCC/C=C/CCCCCCCC(=O)OCC(O)COCCC(C(=O)[O-])[N+](C)(C)C. The van der Waals surface area contributed by atoms with Gasteiger partial charge in [-0.1, -0.05) is 76.9 Å². The molecule has 0 aromatic heterocycles. The number of ether oxygens (including phenoxy) is 2. The van der Waals surface area contributed by atoms with Gasteiger partial charge in [0.15, 0.2) is 0 Å². The highest BCUT2D eigenvalue weighted by Crippen LogP contribution is 2.11. The molecule has 36 heavy (non-hydrogen) atoms. The van der Waals surface area contributed by atoms with Crippen LogP contribution in [0, 0.1) is 0 Å². The van der Waals surface area contributed by atoms with E-state index in [0.29, 0.717) is 6.42 Å². The van der Waals surface area contributed by atoms with Gasteiger partial charge in [-0.2, -0.15) is 0 Å². The standard InChI is InChI=1S/C29H55NO6/c1-5-6-7-8-9-10-11-12-13-14-15-16-17-18-19-20-21-28(32)36-25-26(31)24-35-23-22-27(29(33)34)30(2,3)4/h13-14,26-27,31H,5-12,15-25H2,1-4H3/b14-13+. The number of carbonyl (C=O) groups is 2. The smallest absolute Gasteiger partial charge is 0.305 e. The van der Waals surface area contributed by atoms with Crippen LogP contribution in [-0.2, 0) is 19.1 Å². The van der Waals surface area contributed by atoms with Gasteiger partial charge < -0.3 is 29.0 Å². The number of allylic oxidation sites excluding steroid dienone is 2. The number of quaternary nitrogens is 1. The molecule has 0 fully saturated rings. The summed E-state index contributed by atoms with van der Waals surface area (Å²) in [6.45, 7) is 2.33. The lowest BCUT2D eigenvalue weighted by atomic mass is 10.1. The third-order valence-corrected chi connectivity index (χ3v) is 6.38. The second-order valence-electron chi connectivity index (χ2n) is 10.8. The van der Waals surface area contributed by atoms with Crippen molar-refractivity contribution >= 4 is 11.9 Å². The van der Waals surface area contributed by atoms with E-state index in [0.717, 1.165) is 25.7 Å². The van der Waals surface area contributed by atoms with Crippen LogP contribution < -0.4 is 5.11 Å². The van der Waals surface area contributed by atoms with Gasteiger partial charge in [0, 0.05) is 12.8 Å². The Labute approximate surface area is 220 Å². The Hall–Kier alpha value is -1.44. The molecule has 0 aliphatic heterocycles. The van der Waals surface area contributed by atoms with Crippen LogP contribution in [0.1, 0.15) is 110 Å². The minimum absolute atomic E-state index is 0.00230. The van der Waals surface area contributed by atoms with Gasteiger partial charge in [-0.25, -0.2) is 0 Å². The van der Waals surface area contributed by atoms with E-state index in [2.05, 4.69) is 19.1 Å². The van der Waals surface area contributed by atoms with Crippen LogP contribution in [0.5, 0.6) is 0 Å². The predicted molar refractivity (Wildman–Crippen MR) is 143 cm³/mol. The maximum Gasteiger partial charge on any atom is 0.305 e. The number of esters is 1. The van der Waals surface area contributed by atoms with Crippen molar-refractivity contribution in [2.75, 3.05) is 41.0 Å². The van der Waals surface area contributed by atoms with Crippen molar-refractivity contribution in [2.45, 2.75) is 122 Å². The van der Waals surface area contributed by atoms with Crippen molar-refractivity contribution < 1.29 is 33.8 Å². The van der Waals surface area contributed by atoms with Crippen molar-refractivity contribution in [1.82, 2.24) is 0 Å². The van der Waals surface area contributed by atoms with Gasteiger partial charge >= 0.3 is 5.97 Å². The number of aliphatic carboxylic acids is 1. The largest absolute Gasteiger partial charge is 0.544 e. The van der Waals surface area contributed by atoms with E-state index >= 15 is 0 Å². The molecule has 0 radical (unpaired) electrons. The number of likely N-dealkylation sites (N-methyl/N-ethyl adjacent to an activating group) is 1. The zero-order valence-corrected chi connectivity index (χ0v) is 23.7. The summed E-state index contributed by atoms with van der Waals surface area (Å²) in [7, 11) is 5.35. The molecule has 1 N–H and O–H groups in total. The number of carboxylic acid groups (broad SMARTS) is 1. The van der Waals surface area contributed by atoms with Crippen molar-refractivity contribution in [3.63, 3.8) is 0 Å². The van der Waals surface area contributed by atoms with Crippen LogP contribution in [0.3, 0.4) is 0 Å². The van der Waals surface area contributed by atoms with Crippen LogP contribution >= 0.6 is 0 Å². The average molecular weight is 514 g/mol. The molecule has 0 rings (SSSR count). The summed E-state index contributed by atoms with van der Waals surface area (Å²) in [5, 5.41) is 21.1. The summed E-state index contributed by atoms with van der Waals surface area (Å²) in [5.74, 6) is -1.42. The van der Waals surface area contributed by atoms with Crippen molar-refractivity contribution in [3.8, 4) is 0 Å². The molecule has 2 atom stereocenters. The summed E-state index contributed by atoms with van der Waals surface area (Å²) in [5.41, 5.74) is 0. The first-order valence-electron chi connectivity index (χ1n) is 14.3. The van der Waals surface area contributed by atoms with E-state index in [1.165, 1.54) is 64.2 Å². The first-order chi connectivity index (χ1) is 17.2. The molecule has 0 aliphatic carbocycles. The van der Waals surface area contributed by atoms with E-state index < -0.39 is 18.1 Å². The molecule has 0 aromatic carbocycles. The fourth-order valence-corrected chi connectivity index (χ4v) is 4.06. The predicted octanol–water partition coefficient (Wildman–Crippen LogP) is 4.55. The number of carboxylic acids is 1. The summed E-state index contributed by atoms with van der Waals surface area (Å²) in [6, 6.07) is -0.684. The molecule has 0 aliphatic rings. The number of hydrogen-bond donors (Lipinski definition) is 1. The Balaban J connectivity index is 3.55. The van der Waals surface area contributed by atoms with Crippen LogP contribution in [0.15, 0.2) is 12.2 Å². The van der Waals surface area contributed by atoms with Gasteiger partial charge in [0.1, 0.15) is 18.8 Å². The number of unbranched alkanes of at least 4 members (excludes halogenated alkanes) is 12. The lowest BCUT2D eigenvalue weighted by Gasteiger charge is -2.34. The van der Waals surface area contributed by atoms with E-state index in [-0.39, 0.29) is 36.7 Å². The molecule has 0 saturated carbocycles. The molecule has 212 valence electrons. The van der Waals surface area contributed by atoms with Gasteiger partial charge in [-0.3, -0.25) is 4.79 Å². The first kappa shape index (κ1) is 34.6. The lowest BCUT2D eigenvalue weighted by Crippen LogP contribution is -2.55. The second-order valence-corrected chi connectivity index (χ2v) is 10.8. The lowest BCUT2D eigenvalue weighted by molar-refractivity contribution is -0.889. The molecule has 0 aromatic rings. The second kappa shape index (κ2) is 22.7. The molecule has 7 nitrogen and oxygen atoms in total. The molecule has 0 spiro atoms. The third kappa shape index (κ3) is 21.8. The maximum absolute atomic E-state index is 11.8. The van der Waals surface area contributed by atoms with E-state index in [1.807, 2.05) is 0 Å². The highest BCUT2D eigenvalue weighted by atomic mass is 16.5. The van der Waals surface area contributed by atoms with E-state index in [9.17, 15) is 19.8 Å². The Morgan fingerprint density at radius 2 is 1.36 bits per heavy atom. The number of carbonyl (C=O) groups excluding carboxylic acids is 2. The third-order valence-electron chi connectivity index (χ3n) is 6.38. The molecule has 0 amide bonds. The van der Waals surface area contributed by atoms with Crippen LogP contribution in [0.4, 0.5) is 0 Å². The molecular formula is C29H55NO6. The van der Waals surface area contributed by atoms with Crippen LogP contribution in [-0.4, -0.2) is 74.6 Å². The van der Waals surface area contributed by atoms with E-state index in [1.54, 1.807) is 21.1 Å². The highest BCUT2D eigenvalue weighted by Gasteiger charge is 2.24. The first-order valence-corrected chi connectivity index (χ1v) is 14.3. The maximum atomic E-state index is 11.8. The molecule has 0 bridgehead atoms. The molecule has 2 unspecified atom stereocenters. The summed E-state index contributed by atoms with van der Waals surface area (Å²) in [6.07, 6.45) is 21.5. The number of aliphatic hydroxyl groups excluding tert-OH is 1. The molecule has 7 heteroatoms. The molecular weight excluding hydrogens is 458 g/mol. The zero-order valence-electron chi connectivity index (χ0n) is 23.7. The Morgan fingerprint density at radius 1 is 0.833 bits per heavy atom. The van der Waals surface area contributed by atoms with Crippen molar-refractivity contribution in [1.29, 1.82) is 0 Å². The van der Waals surface area contributed by atoms with Gasteiger partial charge in [0.05, 0.1) is 40.3 Å². The van der Waals surface area contributed by atoms with Crippen molar-refractivity contribution in [2.24, 2.45) is 0 Å². The fraction of sp³-hybridized carbons (Fsp3) is 0.862. The molecule has 0 heterocycles. The fourth-order valence-electron chi connectivity index (χ4n) is 4.06. The van der Waals surface area contributed by atoms with Gasteiger partial charge in [-0.05, 0) is 32.1 Å². The average Bonchev–Trinajstić information content (AvgIpc) is 2.81. The van der Waals surface area contributed by atoms with Gasteiger partial charge in [0.2, 0.25) is 0 Å². The highest BCUT2D eigenvalue weighted by molar-refractivity contribution is 5.69. The van der Waals surface area contributed by atoms with Crippen molar-refractivity contribution in [3.05, 3.63) is 12.2 Å². The van der Waals surface area contributed by atoms with Gasteiger partial charge in [0.25, 0.3) is 0 Å². The number of hydrogen-bond acceptors (Lipinski definition) is 6. The number of nitrogens with zero attached hydrogens (tertiary/aromatic N) is 1. The Bertz CT molecular complexity index is 573. The summed E-state index contributed by atoms with van der Waals surface area (Å²) >= 11 is 0. The topological polar surface area (TPSA) is 95.9 Å². The monoisotopic (exact) mass is 513 g/mol. The van der Waals surface area contributed by atoms with Crippen LogP contribution in [0.2, 0.25) is 0 Å².